The van der Waals surface area contributed by atoms with E-state index in [1.807, 2.05) is 0 Å². The molecule has 0 aliphatic heterocycles. The van der Waals surface area contributed by atoms with Crippen molar-refractivity contribution in [2.24, 2.45) is 0 Å². The number of hydrogen-bond acceptors (Lipinski definition) is 1. The van der Waals surface area contributed by atoms with Crippen LogP contribution in [0.4, 0.5) is 0 Å². The van der Waals surface area contributed by atoms with Crippen LogP contribution in [0.1, 0.15) is 6.92 Å². The molecule has 0 saturated carbocycles. The van der Waals surface area contributed by atoms with Crippen molar-refractivity contribution in [2.45, 2.75) is 17.7 Å². The van der Waals surface area contributed by atoms with Crippen LogP contribution in [0.5, 0.6) is 0 Å². The van der Waals surface area contributed by atoms with Gasteiger partial charge >= 0.3 is 0 Å². The minimum Gasteiger partial charge on any atom is -0.312 e. The van der Waals surface area contributed by atoms with Gasteiger partial charge in [0.2, 0.25) is 0 Å². The first-order valence-electron chi connectivity index (χ1n) is 1.97. The highest BCUT2D eigenvalue weighted by Gasteiger charge is 2.05. The van der Waals surface area contributed by atoms with Crippen LogP contribution < -0.4 is 0 Å². The van der Waals surface area contributed by atoms with E-state index in [0.29, 0.717) is 0 Å². The van der Waals surface area contributed by atoms with E-state index in [-0.39, 0.29) is 10.8 Å². The monoisotopic (exact) mass is 139 g/mol. The van der Waals surface area contributed by atoms with E-state index in [1.54, 1.807) is 6.92 Å². The van der Waals surface area contributed by atoms with Crippen LogP contribution in [-0.4, -0.2) is 17.0 Å². The second-order valence-corrected chi connectivity index (χ2v) is 2.48. The Morgan fingerprint density at radius 3 is 2.00 bits per heavy atom. The second-order valence-electron chi connectivity index (χ2n) is 1.29. The Bertz CT molecular complexity index is 62.7. The lowest BCUT2D eigenvalue weighted by molar-refractivity contribution is 1.02. The molecule has 3 heteroatoms. The highest BCUT2D eigenvalue weighted by molar-refractivity contribution is 6.35. The summed E-state index contributed by atoms with van der Waals surface area (Å²) in [5.41, 5.74) is 0. The number of alkyl halides is 2. The fourth-order valence-corrected chi connectivity index (χ4v) is 0.205. The number of nitrogens with one attached hydrogen (secondary N) is 1. The van der Waals surface area contributed by atoms with E-state index in [0.717, 1.165) is 6.21 Å². The summed E-state index contributed by atoms with van der Waals surface area (Å²) in [4.78, 5) is 0. The van der Waals surface area contributed by atoms with Crippen LogP contribution in [0, 0.1) is 5.41 Å². The van der Waals surface area contributed by atoms with Crippen molar-refractivity contribution in [3.8, 4) is 0 Å². The van der Waals surface area contributed by atoms with Gasteiger partial charge in [-0.1, -0.05) is 0 Å². The molecule has 0 rings (SSSR count). The fraction of sp³-hybridized carbons (Fsp3) is 0.750. The second kappa shape index (κ2) is 3.28. The average molecular weight is 140 g/mol. The van der Waals surface area contributed by atoms with Gasteiger partial charge in [0.05, 0.1) is 10.8 Å². The van der Waals surface area contributed by atoms with Crippen molar-refractivity contribution in [1.29, 1.82) is 5.41 Å². The van der Waals surface area contributed by atoms with Gasteiger partial charge in [-0.2, -0.15) is 0 Å². The molecule has 0 aromatic heterocycles. The molecule has 0 aromatic rings. The Labute approximate surface area is 53.1 Å². The molecular formula is C4H7Cl2N. The molecule has 2 unspecified atom stereocenters. The van der Waals surface area contributed by atoms with Gasteiger partial charge in [0.1, 0.15) is 0 Å². The molecule has 0 aromatic carbocycles. The van der Waals surface area contributed by atoms with Crippen LogP contribution in [0.15, 0.2) is 0 Å². The lowest BCUT2D eigenvalue weighted by Gasteiger charge is -2.01. The molecule has 0 aliphatic carbocycles. The topological polar surface area (TPSA) is 23.9 Å². The first-order valence-corrected chi connectivity index (χ1v) is 2.84. The van der Waals surface area contributed by atoms with Gasteiger partial charge in [-0.05, 0) is 6.92 Å². The molecule has 0 aliphatic rings. The molecule has 1 nitrogen and oxygen atoms in total. The smallest absolute Gasteiger partial charge is 0.0841 e. The number of hydrogen-bond donors (Lipinski definition) is 1. The molecule has 0 heterocycles. The zero-order chi connectivity index (χ0) is 5.86. The largest absolute Gasteiger partial charge is 0.312 e. The summed E-state index contributed by atoms with van der Waals surface area (Å²) in [7, 11) is 0. The van der Waals surface area contributed by atoms with Crippen LogP contribution in [0.25, 0.3) is 0 Å². The normalized spacial score (nSPS) is 18.1. The maximum Gasteiger partial charge on any atom is 0.0841 e. The molecule has 0 saturated heterocycles. The molecule has 0 fully saturated rings. The molecule has 0 spiro atoms. The van der Waals surface area contributed by atoms with E-state index in [9.17, 15) is 0 Å². The van der Waals surface area contributed by atoms with Crippen LogP contribution in [-0.2, 0) is 0 Å². The standard InChI is InChI=1S/C4H7Cl2N/c1-3(5)4(6)2-7/h2-4,7H,1H3. The first-order chi connectivity index (χ1) is 3.18. The van der Waals surface area contributed by atoms with Gasteiger partial charge in [-0.3, -0.25) is 0 Å². The Morgan fingerprint density at radius 2 is 2.00 bits per heavy atom. The Morgan fingerprint density at radius 1 is 1.57 bits per heavy atom. The fourth-order valence-electron chi connectivity index (χ4n) is 0.133. The first kappa shape index (κ1) is 7.25. The van der Waals surface area contributed by atoms with E-state index in [1.165, 1.54) is 0 Å². The predicted molar refractivity (Wildman–Crippen MR) is 33.7 cm³/mol. The quantitative estimate of drug-likeness (QED) is 0.447. The van der Waals surface area contributed by atoms with Gasteiger partial charge in [0.15, 0.2) is 0 Å². The minimum absolute atomic E-state index is 0.140. The molecule has 2 atom stereocenters. The number of rotatable bonds is 2. The van der Waals surface area contributed by atoms with Gasteiger partial charge in [-0.25, -0.2) is 0 Å². The highest BCUT2D eigenvalue weighted by Crippen LogP contribution is 2.04. The van der Waals surface area contributed by atoms with Crippen molar-refractivity contribution >= 4 is 29.4 Å². The van der Waals surface area contributed by atoms with Crippen LogP contribution in [0.2, 0.25) is 0 Å². The molecule has 0 radical (unpaired) electrons. The summed E-state index contributed by atoms with van der Waals surface area (Å²) in [5.74, 6) is 0. The summed E-state index contributed by atoms with van der Waals surface area (Å²) < 4.78 is 0. The maximum atomic E-state index is 6.60. The predicted octanol–water partition coefficient (Wildman–Crippen LogP) is 1.87. The third-order valence-electron chi connectivity index (χ3n) is 0.598. The van der Waals surface area contributed by atoms with Gasteiger partial charge in [0.25, 0.3) is 0 Å². The van der Waals surface area contributed by atoms with Crippen LogP contribution >= 0.6 is 23.2 Å². The Kier molecular flexibility index (Phi) is 3.39. The van der Waals surface area contributed by atoms with E-state index in [4.69, 9.17) is 28.6 Å². The summed E-state index contributed by atoms with van der Waals surface area (Å²) in [6.07, 6.45) is 1.12. The highest BCUT2D eigenvalue weighted by atomic mass is 35.5. The van der Waals surface area contributed by atoms with Gasteiger partial charge in [-0.15, -0.1) is 23.2 Å². The third-order valence-corrected chi connectivity index (χ3v) is 1.50. The van der Waals surface area contributed by atoms with Crippen molar-refractivity contribution in [2.75, 3.05) is 0 Å². The molecule has 7 heavy (non-hydrogen) atoms. The van der Waals surface area contributed by atoms with E-state index in [2.05, 4.69) is 0 Å². The zero-order valence-electron chi connectivity index (χ0n) is 3.99. The Hall–Kier alpha value is 0.250. The summed E-state index contributed by atoms with van der Waals surface area (Å²) in [5, 5.41) is 6.14. The minimum atomic E-state index is -0.318. The molecule has 0 amide bonds. The van der Waals surface area contributed by atoms with Gasteiger partial charge < -0.3 is 5.41 Å². The summed E-state index contributed by atoms with van der Waals surface area (Å²) >= 11 is 10.9. The average Bonchev–Trinajstić information content (AvgIpc) is 1.65. The van der Waals surface area contributed by atoms with Crippen molar-refractivity contribution in [1.82, 2.24) is 0 Å². The lowest BCUT2D eigenvalue weighted by atomic mass is 10.3. The molecule has 42 valence electrons. The zero-order valence-corrected chi connectivity index (χ0v) is 5.50. The lowest BCUT2D eigenvalue weighted by Crippen LogP contribution is -2.10. The summed E-state index contributed by atoms with van der Waals surface area (Å²) in [6, 6.07) is 0. The number of halogens is 2. The SMILES string of the molecule is CC(Cl)C(Cl)C=N. The maximum absolute atomic E-state index is 6.60. The van der Waals surface area contributed by atoms with E-state index >= 15 is 0 Å². The third kappa shape index (κ3) is 2.89. The summed E-state index contributed by atoms with van der Waals surface area (Å²) in [6.45, 7) is 1.75. The Balaban J connectivity index is 3.33. The molecule has 1 N–H and O–H groups in total. The van der Waals surface area contributed by atoms with E-state index < -0.39 is 0 Å². The van der Waals surface area contributed by atoms with Crippen molar-refractivity contribution in [3.05, 3.63) is 0 Å². The molecular weight excluding hydrogens is 133 g/mol. The van der Waals surface area contributed by atoms with Crippen LogP contribution in [0.3, 0.4) is 0 Å². The van der Waals surface area contributed by atoms with Crippen molar-refractivity contribution in [3.63, 3.8) is 0 Å². The van der Waals surface area contributed by atoms with Crippen molar-refractivity contribution < 1.29 is 0 Å². The molecule has 0 bridgehead atoms. The van der Waals surface area contributed by atoms with Gasteiger partial charge in [0, 0.05) is 6.21 Å².